The summed E-state index contributed by atoms with van der Waals surface area (Å²) in [7, 11) is 0. The molecule has 0 saturated heterocycles. The molecule has 1 N–H and O–H groups in total. The van der Waals surface area contributed by atoms with Crippen LogP contribution in [0.5, 0.6) is 0 Å². The van der Waals surface area contributed by atoms with Crippen molar-refractivity contribution in [1.29, 1.82) is 5.26 Å². The number of nitriles is 1. The quantitative estimate of drug-likeness (QED) is 0.834. The van der Waals surface area contributed by atoms with Gasteiger partial charge in [-0.25, -0.2) is 0 Å². The summed E-state index contributed by atoms with van der Waals surface area (Å²) in [4.78, 5) is 2.55. The predicted molar refractivity (Wildman–Crippen MR) is 92.9 cm³/mol. The number of hydrogen-bond acceptors (Lipinski definition) is 3. The van der Waals surface area contributed by atoms with Crippen LogP contribution in [0.25, 0.3) is 0 Å². The highest BCUT2D eigenvalue weighted by molar-refractivity contribution is 5.31. The van der Waals surface area contributed by atoms with Crippen molar-refractivity contribution in [2.45, 2.75) is 25.9 Å². The lowest BCUT2D eigenvalue weighted by atomic mass is 10.00. The first kappa shape index (κ1) is 15.7. The minimum absolute atomic E-state index is 0.721. The van der Waals surface area contributed by atoms with E-state index in [9.17, 15) is 0 Å². The van der Waals surface area contributed by atoms with Gasteiger partial charge < -0.3 is 5.32 Å². The van der Waals surface area contributed by atoms with E-state index in [4.69, 9.17) is 5.26 Å². The van der Waals surface area contributed by atoms with Crippen molar-refractivity contribution in [3.8, 4) is 6.07 Å². The molecule has 0 saturated carbocycles. The number of nitrogens with zero attached hydrogens (tertiary/aromatic N) is 2. The summed E-state index contributed by atoms with van der Waals surface area (Å²) in [5.41, 5.74) is 4.96. The Hall–Kier alpha value is -2.15. The van der Waals surface area contributed by atoms with Crippen LogP contribution in [-0.2, 0) is 19.5 Å². The molecule has 118 valence electrons. The van der Waals surface area contributed by atoms with Gasteiger partial charge in [0.2, 0.25) is 0 Å². The number of fused-ring (bicyclic) bond motifs is 1. The first-order valence-electron chi connectivity index (χ1n) is 8.34. The first-order valence-corrected chi connectivity index (χ1v) is 8.34. The monoisotopic (exact) mass is 305 g/mol. The first-order chi connectivity index (χ1) is 11.3. The van der Waals surface area contributed by atoms with Crippen LogP contribution in [-0.4, -0.2) is 24.5 Å². The van der Waals surface area contributed by atoms with E-state index in [1.165, 1.54) is 36.1 Å². The molecule has 0 aromatic heterocycles. The van der Waals surface area contributed by atoms with Crippen molar-refractivity contribution in [3.63, 3.8) is 0 Å². The Kier molecular flexibility index (Phi) is 5.42. The molecule has 0 bridgehead atoms. The second-order valence-corrected chi connectivity index (χ2v) is 6.13. The van der Waals surface area contributed by atoms with Gasteiger partial charge in [0.25, 0.3) is 0 Å². The summed E-state index contributed by atoms with van der Waals surface area (Å²) in [6, 6.07) is 18.7. The lowest BCUT2D eigenvalue weighted by molar-refractivity contribution is 0.250. The third-order valence-electron chi connectivity index (χ3n) is 4.45. The topological polar surface area (TPSA) is 39.1 Å². The van der Waals surface area contributed by atoms with Crippen LogP contribution in [0.2, 0.25) is 0 Å². The van der Waals surface area contributed by atoms with Crippen LogP contribution in [0.1, 0.15) is 28.7 Å². The fourth-order valence-corrected chi connectivity index (χ4v) is 3.10. The van der Waals surface area contributed by atoms with E-state index in [0.717, 1.165) is 31.7 Å². The molecule has 0 unspecified atom stereocenters. The summed E-state index contributed by atoms with van der Waals surface area (Å²) < 4.78 is 0. The molecule has 0 radical (unpaired) electrons. The minimum atomic E-state index is 0.721. The normalized spacial score (nSPS) is 14.2. The molecule has 2 aromatic rings. The molecule has 3 heteroatoms. The average molecular weight is 305 g/mol. The highest BCUT2D eigenvalue weighted by Crippen LogP contribution is 2.18. The van der Waals surface area contributed by atoms with Crippen molar-refractivity contribution in [2.24, 2.45) is 0 Å². The van der Waals surface area contributed by atoms with Crippen LogP contribution in [0, 0.1) is 11.3 Å². The van der Waals surface area contributed by atoms with Gasteiger partial charge in [-0.15, -0.1) is 0 Å². The highest BCUT2D eigenvalue weighted by Gasteiger charge is 2.14. The van der Waals surface area contributed by atoms with Gasteiger partial charge in [0.05, 0.1) is 11.6 Å². The van der Waals surface area contributed by atoms with Crippen molar-refractivity contribution < 1.29 is 0 Å². The van der Waals surface area contributed by atoms with Gasteiger partial charge in [-0.1, -0.05) is 36.4 Å². The maximum atomic E-state index is 8.79. The summed E-state index contributed by atoms with van der Waals surface area (Å²) in [5.74, 6) is 0. The molecule has 1 heterocycles. The molecule has 0 amide bonds. The molecule has 23 heavy (non-hydrogen) atoms. The Labute approximate surface area is 138 Å². The lowest BCUT2D eigenvalue weighted by Crippen LogP contribution is -2.32. The van der Waals surface area contributed by atoms with Gasteiger partial charge in [-0.3, -0.25) is 4.90 Å². The third kappa shape index (κ3) is 4.41. The Morgan fingerprint density at radius 2 is 1.83 bits per heavy atom. The van der Waals surface area contributed by atoms with E-state index in [2.05, 4.69) is 40.6 Å². The van der Waals surface area contributed by atoms with E-state index in [0.29, 0.717) is 0 Å². The van der Waals surface area contributed by atoms with Crippen LogP contribution >= 0.6 is 0 Å². The Bertz CT molecular complexity index is 670. The van der Waals surface area contributed by atoms with Crippen molar-refractivity contribution in [3.05, 3.63) is 70.8 Å². The van der Waals surface area contributed by atoms with Crippen molar-refractivity contribution in [1.82, 2.24) is 10.2 Å². The summed E-state index contributed by atoms with van der Waals surface area (Å²) in [6.07, 6.45) is 2.34. The van der Waals surface area contributed by atoms with E-state index in [1.807, 2.05) is 24.3 Å². The van der Waals surface area contributed by atoms with E-state index in [1.54, 1.807) is 0 Å². The van der Waals surface area contributed by atoms with Crippen molar-refractivity contribution in [2.75, 3.05) is 19.6 Å². The molecule has 1 aliphatic heterocycles. The summed E-state index contributed by atoms with van der Waals surface area (Å²) >= 11 is 0. The zero-order chi connectivity index (χ0) is 15.9. The molecule has 1 aliphatic rings. The molecule has 0 aliphatic carbocycles. The van der Waals surface area contributed by atoms with Crippen LogP contribution in [0.15, 0.2) is 48.5 Å². The SMILES string of the molecule is N#Cc1ccc(CNCCCN2CCc3ccccc3C2)cc1. The molecule has 0 atom stereocenters. The molecular formula is C20H23N3. The van der Waals surface area contributed by atoms with E-state index >= 15 is 0 Å². The lowest BCUT2D eigenvalue weighted by Gasteiger charge is -2.28. The molecular weight excluding hydrogens is 282 g/mol. The van der Waals surface area contributed by atoms with Gasteiger partial charge in [-0.2, -0.15) is 5.26 Å². The van der Waals surface area contributed by atoms with Crippen LogP contribution in [0.3, 0.4) is 0 Å². The van der Waals surface area contributed by atoms with E-state index in [-0.39, 0.29) is 0 Å². The zero-order valence-electron chi connectivity index (χ0n) is 13.5. The minimum Gasteiger partial charge on any atom is -0.313 e. The number of rotatable bonds is 6. The average Bonchev–Trinajstić information content (AvgIpc) is 2.62. The standard InChI is InChI=1S/C20H23N3/c21-14-17-6-8-18(9-7-17)15-22-11-3-12-23-13-10-19-4-1-2-5-20(19)16-23/h1-2,4-9,22H,3,10-13,15-16H2. The molecule has 3 nitrogen and oxygen atoms in total. The highest BCUT2D eigenvalue weighted by atomic mass is 15.1. The maximum absolute atomic E-state index is 8.79. The van der Waals surface area contributed by atoms with Gasteiger partial charge in [-0.05, 0) is 54.8 Å². The third-order valence-corrected chi connectivity index (χ3v) is 4.45. The van der Waals surface area contributed by atoms with Gasteiger partial charge in [0, 0.05) is 19.6 Å². The Morgan fingerprint density at radius 3 is 2.61 bits per heavy atom. The predicted octanol–water partition coefficient (Wildman–Crippen LogP) is 3.10. The smallest absolute Gasteiger partial charge is 0.0991 e. The number of benzene rings is 2. The fourth-order valence-electron chi connectivity index (χ4n) is 3.10. The Balaban J connectivity index is 1.35. The number of hydrogen-bond donors (Lipinski definition) is 1. The fraction of sp³-hybridized carbons (Fsp3) is 0.350. The van der Waals surface area contributed by atoms with Crippen molar-refractivity contribution >= 4 is 0 Å². The maximum Gasteiger partial charge on any atom is 0.0991 e. The molecule has 3 rings (SSSR count). The molecule has 0 fully saturated rings. The van der Waals surface area contributed by atoms with E-state index < -0.39 is 0 Å². The van der Waals surface area contributed by atoms with Gasteiger partial charge in [0.1, 0.15) is 0 Å². The number of nitrogens with one attached hydrogen (secondary N) is 1. The molecule has 2 aromatic carbocycles. The Morgan fingerprint density at radius 1 is 1.04 bits per heavy atom. The summed E-state index contributed by atoms with van der Waals surface area (Å²) in [5, 5.41) is 12.3. The second kappa shape index (κ2) is 7.92. The largest absolute Gasteiger partial charge is 0.313 e. The zero-order valence-corrected chi connectivity index (χ0v) is 13.5. The van der Waals surface area contributed by atoms with Crippen LogP contribution in [0.4, 0.5) is 0 Å². The van der Waals surface area contributed by atoms with Crippen LogP contribution < -0.4 is 5.32 Å². The second-order valence-electron chi connectivity index (χ2n) is 6.13. The molecule has 0 spiro atoms. The van der Waals surface area contributed by atoms with Gasteiger partial charge in [0.15, 0.2) is 0 Å². The summed E-state index contributed by atoms with van der Waals surface area (Å²) in [6.45, 7) is 5.31. The van der Waals surface area contributed by atoms with Gasteiger partial charge >= 0.3 is 0 Å².